The highest BCUT2D eigenvalue weighted by Gasteiger charge is 2.14. The molecule has 7 heteroatoms. The Morgan fingerprint density at radius 1 is 1.04 bits per heavy atom. The van der Waals surface area contributed by atoms with Crippen molar-refractivity contribution in [3.05, 3.63) is 52.5 Å². The molecule has 0 fully saturated rings. The Kier molecular flexibility index (Phi) is 4.46. The number of aromatic hydroxyl groups is 1. The highest BCUT2D eigenvalue weighted by molar-refractivity contribution is 6.36. The minimum atomic E-state index is -0.115. The Morgan fingerprint density at radius 2 is 1.79 bits per heavy atom. The molecule has 0 aliphatic rings. The number of phenolic OH excluding ortho intramolecular Hbond substituents is 1. The summed E-state index contributed by atoms with van der Waals surface area (Å²) in [6.07, 6.45) is 0. The van der Waals surface area contributed by atoms with Crippen LogP contribution in [0.25, 0.3) is 22.5 Å². The lowest BCUT2D eigenvalue weighted by molar-refractivity contribution is 0.415. The monoisotopic (exact) mass is 361 g/mol. The van der Waals surface area contributed by atoms with Crippen molar-refractivity contribution in [2.24, 2.45) is 0 Å². The van der Waals surface area contributed by atoms with Gasteiger partial charge in [0.25, 0.3) is 0 Å². The zero-order chi connectivity index (χ0) is 17.3. The second kappa shape index (κ2) is 6.55. The Hall–Kier alpha value is -2.50. The maximum Gasteiger partial charge on any atom is 0.221 e. The lowest BCUT2D eigenvalue weighted by Gasteiger charge is -2.10. The van der Waals surface area contributed by atoms with E-state index in [0.29, 0.717) is 27.7 Å². The molecule has 3 rings (SSSR count). The zero-order valence-corrected chi connectivity index (χ0v) is 14.1. The SMILES string of the molecule is COc1cccc(-c2cc(-c3cc(Cl)cc(Cl)c3O)nc(N)n2)c1. The second-order valence-corrected chi connectivity index (χ2v) is 5.86. The van der Waals surface area contributed by atoms with E-state index in [-0.39, 0.29) is 16.7 Å². The Morgan fingerprint density at radius 3 is 2.54 bits per heavy atom. The summed E-state index contributed by atoms with van der Waals surface area (Å²) in [5, 5.41) is 10.7. The number of anilines is 1. The first-order valence-corrected chi connectivity index (χ1v) is 7.71. The van der Waals surface area contributed by atoms with Crippen molar-refractivity contribution in [2.45, 2.75) is 0 Å². The number of benzene rings is 2. The lowest BCUT2D eigenvalue weighted by atomic mass is 10.1. The third-order valence-corrected chi connectivity index (χ3v) is 3.92. The summed E-state index contributed by atoms with van der Waals surface area (Å²) in [5.41, 5.74) is 8.02. The normalized spacial score (nSPS) is 10.6. The molecule has 1 heterocycles. The average molecular weight is 362 g/mol. The maximum atomic E-state index is 10.2. The number of nitrogens with two attached hydrogens (primary N) is 1. The van der Waals surface area contributed by atoms with Gasteiger partial charge >= 0.3 is 0 Å². The third-order valence-electron chi connectivity index (χ3n) is 3.41. The molecule has 0 radical (unpaired) electrons. The molecular formula is C17H13Cl2N3O2. The van der Waals surface area contributed by atoms with E-state index in [0.717, 1.165) is 5.56 Å². The minimum absolute atomic E-state index is 0.0702. The summed E-state index contributed by atoms with van der Waals surface area (Å²) >= 11 is 12.0. The van der Waals surface area contributed by atoms with Crippen molar-refractivity contribution in [1.29, 1.82) is 0 Å². The fourth-order valence-electron chi connectivity index (χ4n) is 2.30. The molecule has 0 amide bonds. The van der Waals surface area contributed by atoms with E-state index in [2.05, 4.69) is 9.97 Å². The Bertz CT molecular complexity index is 916. The maximum absolute atomic E-state index is 10.2. The van der Waals surface area contributed by atoms with Gasteiger partial charge in [-0.25, -0.2) is 9.97 Å². The van der Waals surface area contributed by atoms with Gasteiger partial charge in [0.05, 0.1) is 23.5 Å². The summed E-state index contributed by atoms with van der Waals surface area (Å²) in [7, 11) is 1.59. The number of nitrogen functional groups attached to an aromatic ring is 1. The van der Waals surface area contributed by atoms with Crippen LogP contribution in [0, 0.1) is 0 Å². The quantitative estimate of drug-likeness (QED) is 0.721. The molecule has 5 nitrogen and oxygen atoms in total. The van der Waals surface area contributed by atoms with Crippen LogP contribution in [0.5, 0.6) is 11.5 Å². The predicted octanol–water partition coefficient (Wildman–Crippen LogP) is 4.41. The summed E-state index contributed by atoms with van der Waals surface area (Å²) in [6, 6.07) is 12.1. The number of methoxy groups -OCH3 is 1. The Balaban J connectivity index is 2.17. The van der Waals surface area contributed by atoms with Crippen molar-refractivity contribution in [3.63, 3.8) is 0 Å². The molecule has 0 unspecified atom stereocenters. The van der Waals surface area contributed by atoms with Gasteiger partial charge in [0, 0.05) is 16.1 Å². The van der Waals surface area contributed by atoms with Crippen molar-refractivity contribution in [1.82, 2.24) is 9.97 Å². The van der Waals surface area contributed by atoms with E-state index < -0.39 is 0 Å². The molecule has 0 saturated carbocycles. The van der Waals surface area contributed by atoms with E-state index in [4.69, 9.17) is 33.7 Å². The van der Waals surface area contributed by atoms with Gasteiger partial charge in [-0.2, -0.15) is 0 Å². The van der Waals surface area contributed by atoms with E-state index in [9.17, 15) is 5.11 Å². The molecule has 0 atom stereocenters. The van der Waals surface area contributed by atoms with E-state index in [1.807, 2.05) is 24.3 Å². The van der Waals surface area contributed by atoms with Gasteiger partial charge in [0.15, 0.2) is 0 Å². The summed E-state index contributed by atoms with van der Waals surface area (Å²) in [4.78, 5) is 8.42. The molecule has 2 aromatic carbocycles. The van der Waals surface area contributed by atoms with Crippen LogP contribution in [0.4, 0.5) is 5.95 Å². The van der Waals surface area contributed by atoms with Gasteiger partial charge in [0.1, 0.15) is 11.5 Å². The minimum Gasteiger partial charge on any atom is -0.506 e. The number of hydrogen-bond donors (Lipinski definition) is 2. The number of halogens is 2. The molecule has 0 spiro atoms. The number of rotatable bonds is 3. The molecule has 0 aliphatic heterocycles. The van der Waals surface area contributed by atoms with E-state index in [1.54, 1.807) is 19.2 Å². The third kappa shape index (κ3) is 3.22. The smallest absolute Gasteiger partial charge is 0.221 e. The number of phenols is 1. The van der Waals surface area contributed by atoms with Crippen LogP contribution in [0.2, 0.25) is 10.0 Å². The average Bonchev–Trinajstić information content (AvgIpc) is 2.57. The van der Waals surface area contributed by atoms with Crippen molar-refractivity contribution >= 4 is 29.2 Å². The standard InChI is InChI=1S/C17H13Cl2N3O2/c1-24-11-4-2-3-9(5-11)14-8-15(22-17(20)21-14)12-6-10(18)7-13(19)16(12)23/h2-8,23H,1H3,(H2,20,21,22). The number of hydrogen-bond acceptors (Lipinski definition) is 5. The number of ether oxygens (including phenoxy) is 1. The predicted molar refractivity (Wildman–Crippen MR) is 95.6 cm³/mol. The second-order valence-electron chi connectivity index (χ2n) is 5.01. The Labute approximate surface area is 148 Å². The van der Waals surface area contributed by atoms with Gasteiger partial charge in [0.2, 0.25) is 5.95 Å². The molecular weight excluding hydrogens is 349 g/mol. The van der Waals surface area contributed by atoms with E-state index >= 15 is 0 Å². The van der Waals surface area contributed by atoms with Gasteiger partial charge in [-0.1, -0.05) is 35.3 Å². The highest BCUT2D eigenvalue weighted by Crippen LogP contribution is 2.38. The van der Waals surface area contributed by atoms with Gasteiger partial charge < -0.3 is 15.6 Å². The topological polar surface area (TPSA) is 81.3 Å². The fourth-order valence-corrected chi connectivity index (χ4v) is 2.79. The number of aromatic nitrogens is 2. The van der Waals surface area contributed by atoms with Crippen LogP contribution < -0.4 is 10.5 Å². The van der Waals surface area contributed by atoms with Crippen molar-refractivity contribution < 1.29 is 9.84 Å². The van der Waals surface area contributed by atoms with Gasteiger partial charge in [-0.15, -0.1) is 0 Å². The van der Waals surface area contributed by atoms with Crippen LogP contribution in [0.3, 0.4) is 0 Å². The summed E-state index contributed by atoms with van der Waals surface area (Å²) < 4.78 is 5.22. The van der Waals surface area contributed by atoms with E-state index in [1.165, 1.54) is 6.07 Å². The number of nitrogens with zero attached hydrogens (tertiary/aromatic N) is 2. The first-order valence-electron chi connectivity index (χ1n) is 6.95. The molecule has 24 heavy (non-hydrogen) atoms. The van der Waals surface area contributed by atoms with Crippen LogP contribution in [0.1, 0.15) is 0 Å². The van der Waals surface area contributed by atoms with Crippen LogP contribution in [-0.4, -0.2) is 22.2 Å². The first-order chi connectivity index (χ1) is 11.5. The van der Waals surface area contributed by atoms with Crippen molar-refractivity contribution in [3.8, 4) is 34.0 Å². The zero-order valence-electron chi connectivity index (χ0n) is 12.6. The van der Waals surface area contributed by atoms with Gasteiger partial charge in [-0.05, 0) is 30.3 Å². The largest absolute Gasteiger partial charge is 0.506 e. The fraction of sp³-hybridized carbons (Fsp3) is 0.0588. The van der Waals surface area contributed by atoms with Crippen molar-refractivity contribution in [2.75, 3.05) is 12.8 Å². The van der Waals surface area contributed by atoms with Gasteiger partial charge in [-0.3, -0.25) is 0 Å². The first kappa shape index (κ1) is 16.4. The molecule has 1 aromatic heterocycles. The van der Waals surface area contributed by atoms with Crippen LogP contribution in [0.15, 0.2) is 42.5 Å². The summed E-state index contributed by atoms with van der Waals surface area (Å²) in [5.74, 6) is 0.649. The molecule has 0 bridgehead atoms. The molecule has 122 valence electrons. The van der Waals surface area contributed by atoms with Crippen LogP contribution in [-0.2, 0) is 0 Å². The molecule has 0 saturated heterocycles. The molecule has 0 aliphatic carbocycles. The van der Waals surface area contributed by atoms with Crippen LogP contribution >= 0.6 is 23.2 Å². The summed E-state index contributed by atoms with van der Waals surface area (Å²) in [6.45, 7) is 0. The molecule has 3 N–H and O–H groups in total. The highest BCUT2D eigenvalue weighted by atomic mass is 35.5. The lowest BCUT2D eigenvalue weighted by Crippen LogP contribution is -1.99. The molecule has 3 aromatic rings.